The van der Waals surface area contributed by atoms with E-state index in [1.165, 1.54) is 19.8 Å². The Balaban J connectivity index is 2.51. The monoisotopic (exact) mass is 298 g/mol. The molecule has 0 atom stereocenters. The molecule has 6 heteroatoms. The number of aliphatic carboxylic acids is 1. The van der Waals surface area contributed by atoms with Crippen molar-refractivity contribution in [1.29, 1.82) is 0 Å². The van der Waals surface area contributed by atoms with Crippen molar-refractivity contribution < 1.29 is 23.5 Å². The zero-order chi connectivity index (χ0) is 14.8. The van der Waals surface area contributed by atoms with Gasteiger partial charge in [-0.1, -0.05) is 30.3 Å². The van der Waals surface area contributed by atoms with E-state index < -0.39 is 14.6 Å². The van der Waals surface area contributed by atoms with Crippen LogP contribution in [0.25, 0.3) is 0 Å². The number of benzene rings is 1. The van der Waals surface area contributed by atoms with Crippen LogP contribution >= 0.6 is 8.60 Å². The number of carbonyl (C=O) groups is 1. The molecule has 1 rings (SSSR count). The second-order valence-corrected chi connectivity index (χ2v) is 5.33. The average Bonchev–Trinajstić information content (AvgIpc) is 2.45. The van der Waals surface area contributed by atoms with Crippen LogP contribution < -0.4 is 0 Å². The zero-order valence-corrected chi connectivity index (χ0v) is 12.5. The number of allylic oxidation sites excluding steroid dienone is 1. The summed E-state index contributed by atoms with van der Waals surface area (Å²) in [6.45, 7) is 0. The highest BCUT2D eigenvalue weighted by atomic mass is 31.2. The Morgan fingerprint density at radius 3 is 2.45 bits per heavy atom. The molecule has 1 N–H and O–H groups in total. The molecular weight excluding hydrogens is 279 g/mol. The van der Waals surface area contributed by atoms with Crippen LogP contribution in [0.2, 0.25) is 0 Å². The molecule has 0 aliphatic heterocycles. The molecule has 1 aromatic carbocycles. The maximum atomic E-state index is 10.8. The number of carboxylic acids is 1. The topological polar surface area (TPSA) is 65.0 Å². The highest BCUT2D eigenvalue weighted by Gasteiger charge is 2.13. The van der Waals surface area contributed by atoms with Crippen LogP contribution in [0.4, 0.5) is 0 Å². The first-order valence-corrected chi connectivity index (χ1v) is 7.29. The van der Waals surface area contributed by atoms with E-state index in [-0.39, 0.29) is 0 Å². The highest BCUT2D eigenvalue weighted by Crippen LogP contribution is 2.40. The first-order valence-electron chi connectivity index (χ1n) is 6.19. The maximum Gasteiger partial charge on any atom is 0.396 e. The second-order valence-electron chi connectivity index (χ2n) is 3.97. The molecule has 0 aliphatic carbocycles. The van der Waals surface area contributed by atoms with Crippen molar-refractivity contribution in [2.24, 2.45) is 0 Å². The lowest BCUT2D eigenvalue weighted by molar-refractivity contribution is -0.131. The third-order valence-electron chi connectivity index (χ3n) is 2.51. The van der Waals surface area contributed by atoms with Gasteiger partial charge in [0.2, 0.25) is 0 Å². The van der Waals surface area contributed by atoms with Crippen molar-refractivity contribution in [1.82, 2.24) is 0 Å². The molecule has 5 nitrogen and oxygen atoms in total. The molecule has 0 spiro atoms. The van der Waals surface area contributed by atoms with Gasteiger partial charge in [-0.3, -0.25) is 0 Å². The van der Waals surface area contributed by atoms with Crippen molar-refractivity contribution >= 4 is 14.6 Å². The summed E-state index contributed by atoms with van der Waals surface area (Å²) in [4.78, 5) is 10.8. The molecule has 0 bridgehead atoms. The number of hydrogen-bond donors (Lipinski definition) is 1. The minimum atomic E-state index is -1.53. The number of rotatable bonds is 9. The van der Waals surface area contributed by atoms with Crippen LogP contribution in [0.15, 0.2) is 42.2 Å². The largest absolute Gasteiger partial charge is 0.478 e. The van der Waals surface area contributed by atoms with E-state index >= 15 is 0 Å². The summed E-state index contributed by atoms with van der Waals surface area (Å²) >= 11 is 0. The van der Waals surface area contributed by atoms with Crippen LogP contribution in [-0.2, 0) is 24.8 Å². The summed E-state index contributed by atoms with van der Waals surface area (Å²) in [5, 5.41) is 8.83. The van der Waals surface area contributed by atoms with Crippen LogP contribution in [-0.4, -0.2) is 25.3 Å². The lowest BCUT2D eigenvalue weighted by Crippen LogP contribution is -1.98. The van der Waals surface area contributed by atoms with Crippen LogP contribution in [0.3, 0.4) is 0 Å². The van der Waals surface area contributed by atoms with Gasteiger partial charge in [-0.15, -0.1) is 0 Å². The molecule has 0 fully saturated rings. The molecule has 110 valence electrons. The van der Waals surface area contributed by atoms with E-state index in [4.69, 9.17) is 18.7 Å². The Morgan fingerprint density at radius 1 is 1.25 bits per heavy atom. The minimum Gasteiger partial charge on any atom is -0.478 e. The third-order valence-corrected chi connectivity index (χ3v) is 3.49. The van der Waals surface area contributed by atoms with Gasteiger partial charge in [-0.05, 0) is 18.4 Å². The first-order chi connectivity index (χ1) is 9.65. The van der Waals surface area contributed by atoms with Crippen molar-refractivity contribution in [2.75, 3.05) is 14.2 Å². The summed E-state index contributed by atoms with van der Waals surface area (Å²) in [7, 11) is 1.38. The van der Waals surface area contributed by atoms with Gasteiger partial charge in [0.15, 0.2) is 0 Å². The van der Waals surface area contributed by atoms with Crippen LogP contribution in [0.5, 0.6) is 0 Å². The Labute approximate surface area is 120 Å². The van der Waals surface area contributed by atoms with E-state index in [1.807, 2.05) is 30.3 Å². The van der Waals surface area contributed by atoms with Crippen molar-refractivity contribution in [3.8, 4) is 0 Å². The fourth-order valence-electron chi connectivity index (χ4n) is 1.64. The van der Waals surface area contributed by atoms with Gasteiger partial charge in [-0.25, -0.2) is 4.79 Å². The van der Waals surface area contributed by atoms with E-state index in [1.54, 1.807) is 0 Å². The zero-order valence-electron chi connectivity index (χ0n) is 11.6. The average molecular weight is 298 g/mol. The summed E-state index contributed by atoms with van der Waals surface area (Å²) in [6, 6.07) is 10.0. The Hall–Kier alpha value is -1.42. The third kappa shape index (κ3) is 6.66. The predicted octanol–water partition coefficient (Wildman–Crippen LogP) is 3.51. The van der Waals surface area contributed by atoms with Gasteiger partial charge in [0.1, 0.15) is 5.76 Å². The van der Waals surface area contributed by atoms with Crippen molar-refractivity contribution in [3.63, 3.8) is 0 Å². The maximum absolute atomic E-state index is 10.8. The molecular formula is C14H19O5P. The van der Waals surface area contributed by atoms with Gasteiger partial charge in [0.25, 0.3) is 0 Å². The Kier molecular flexibility index (Phi) is 7.88. The molecule has 1 aromatic rings. The number of aryl methyl sites for hydroxylation is 1. The standard InChI is InChI=1S/C14H19O5P/c1-17-20(18-2)19-13(11-14(15)16)10-6-9-12-7-4-3-5-8-12/h3-5,7-8,11H,6,9-10H2,1-2H3,(H,15,16)/b13-11-. The van der Waals surface area contributed by atoms with Gasteiger partial charge >= 0.3 is 14.6 Å². The number of carboxylic acid groups (broad SMARTS) is 1. The molecule has 0 radical (unpaired) electrons. The molecule has 0 aliphatic rings. The van der Waals surface area contributed by atoms with Crippen molar-refractivity contribution in [2.45, 2.75) is 19.3 Å². The Bertz CT molecular complexity index is 428. The fraction of sp³-hybridized carbons (Fsp3) is 0.357. The molecule has 0 amide bonds. The molecule has 0 saturated heterocycles. The summed E-state index contributed by atoms with van der Waals surface area (Å²) in [6.07, 6.45) is 3.23. The molecule has 20 heavy (non-hydrogen) atoms. The van der Waals surface area contributed by atoms with Gasteiger partial charge < -0.3 is 18.7 Å². The minimum absolute atomic E-state index is 0.364. The van der Waals surface area contributed by atoms with Gasteiger partial charge in [-0.2, -0.15) is 0 Å². The van der Waals surface area contributed by atoms with E-state index in [0.717, 1.165) is 18.9 Å². The first kappa shape index (κ1) is 16.6. The molecule has 0 unspecified atom stereocenters. The van der Waals surface area contributed by atoms with Gasteiger partial charge in [0, 0.05) is 20.6 Å². The fourth-order valence-corrected chi connectivity index (χ4v) is 2.27. The molecule has 0 aromatic heterocycles. The van der Waals surface area contributed by atoms with Crippen molar-refractivity contribution in [3.05, 3.63) is 47.7 Å². The smallest absolute Gasteiger partial charge is 0.396 e. The normalized spacial score (nSPS) is 11.7. The lowest BCUT2D eigenvalue weighted by Gasteiger charge is -2.15. The van der Waals surface area contributed by atoms with E-state index in [2.05, 4.69) is 0 Å². The second kappa shape index (κ2) is 9.48. The highest BCUT2D eigenvalue weighted by molar-refractivity contribution is 7.41. The molecule has 0 saturated carbocycles. The molecule has 0 heterocycles. The van der Waals surface area contributed by atoms with E-state index in [9.17, 15) is 4.79 Å². The number of hydrogen-bond acceptors (Lipinski definition) is 4. The lowest BCUT2D eigenvalue weighted by atomic mass is 10.1. The summed E-state index contributed by atoms with van der Waals surface area (Å²) in [5.74, 6) is -0.676. The van der Waals surface area contributed by atoms with Crippen LogP contribution in [0.1, 0.15) is 18.4 Å². The summed E-state index contributed by atoms with van der Waals surface area (Å²) < 4.78 is 15.3. The predicted molar refractivity (Wildman–Crippen MR) is 77.1 cm³/mol. The SMILES string of the molecule is COP(OC)O/C(=C\C(=O)O)CCCc1ccccc1. The summed E-state index contributed by atoms with van der Waals surface area (Å²) in [5.41, 5.74) is 1.21. The van der Waals surface area contributed by atoms with Crippen LogP contribution in [0, 0.1) is 0 Å². The van der Waals surface area contributed by atoms with E-state index in [0.29, 0.717) is 12.2 Å². The van der Waals surface area contributed by atoms with Gasteiger partial charge in [0.05, 0.1) is 6.08 Å². The quantitative estimate of drug-likeness (QED) is 0.429. The Morgan fingerprint density at radius 2 is 1.90 bits per heavy atom.